The monoisotopic (exact) mass is 448 g/mol. The second-order valence-electron chi connectivity index (χ2n) is 7.37. The van der Waals surface area contributed by atoms with E-state index < -0.39 is 39.9 Å². The fraction of sp³-hybridized carbons (Fsp3) is 0.300. The molecule has 2 aromatic rings. The molecule has 4 rings (SSSR count). The maximum absolute atomic E-state index is 15.3. The first kappa shape index (κ1) is 20.9. The van der Waals surface area contributed by atoms with Crippen LogP contribution in [0.5, 0.6) is 5.75 Å². The summed E-state index contributed by atoms with van der Waals surface area (Å²) in [6, 6.07) is 10.6. The van der Waals surface area contributed by atoms with Crippen LogP contribution in [0.25, 0.3) is 0 Å². The summed E-state index contributed by atoms with van der Waals surface area (Å²) in [5, 5.41) is 13.1. The molecule has 1 fully saturated rings. The average molecular weight is 448 g/mol. The highest BCUT2D eigenvalue weighted by Crippen LogP contribution is 2.38. The van der Waals surface area contributed by atoms with Gasteiger partial charge in [0.05, 0.1) is 6.54 Å². The highest BCUT2D eigenvalue weighted by molar-refractivity contribution is 7.92. The number of anilines is 1. The van der Waals surface area contributed by atoms with E-state index in [1.807, 2.05) is 30.3 Å². The average Bonchev–Trinajstić information content (AvgIpc) is 3.00. The van der Waals surface area contributed by atoms with Crippen molar-refractivity contribution in [2.45, 2.75) is 19.4 Å². The molecule has 3 amide bonds. The predicted molar refractivity (Wildman–Crippen MR) is 110 cm³/mol. The van der Waals surface area contributed by atoms with Crippen LogP contribution < -0.4 is 14.3 Å². The first-order chi connectivity index (χ1) is 14.8. The summed E-state index contributed by atoms with van der Waals surface area (Å²) in [7, 11) is -4.29. The van der Waals surface area contributed by atoms with Crippen LogP contribution in [-0.2, 0) is 34.4 Å². The number of halogens is 1. The van der Waals surface area contributed by atoms with Crippen molar-refractivity contribution in [3.05, 3.63) is 58.9 Å². The Hall–Kier alpha value is -3.34. The van der Waals surface area contributed by atoms with Gasteiger partial charge in [0.2, 0.25) is 0 Å². The Labute approximate surface area is 178 Å². The summed E-state index contributed by atoms with van der Waals surface area (Å²) in [5.41, 5.74) is 1.09. The number of aromatic hydroxyl groups is 1. The molecule has 0 unspecified atom stereocenters. The lowest BCUT2D eigenvalue weighted by Crippen LogP contribution is -2.43. The third-order valence-corrected chi connectivity index (χ3v) is 6.68. The van der Waals surface area contributed by atoms with Gasteiger partial charge in [-0.1, -0.05) is 30.3 Å². The topological polar surface area (TPSA) is 119 Å². The molecule has 1 saturated heterocycles. The number of rotatable bonds is 4. The number of phenolic OH excluding ortho intramolecular Hbond substituents is 1. The van der Waals surface area contributed by atoms with E-state index in [2.05, 4.69) is 5.32 Å². The molecule has 0 radical (unpaired) electrons. The summed E-state index contributed by atoms with van der Waals surface area (Å²) in [5.74, 6) is -2.36. The largest absolute Gasteiger partial charge is 0.506 e. The summed E-state index contributed by atoms with van der Waals surface area (Å²) < 4.78 is 41.7. The molecular weight excluding hydrogens is 427 g/mol. The van der Waals surface area contributed by atoms with Crippen molar-refractivity contribution in [2.75, 3.05) is 23.9 Å². The number of urea groups is 1. The normalized spacial score (nSPS) is 17.3. The van der Waals surface area contributed by atoms with E-state index >= 15 is 4.39 Å². The minimum atomic E-state index is -4.29. The number of hydrogen-bond acceptors (Lipinski definition) is 5. The van der Waals surface area contributed by atoms with Crippen molar-refractivity contribution in [1.82, 2.24) is 14.9 Å². The molecule has 0 bridgehead atoms. The molecular formula is C20H21FN4O5S. The SMILES string of the molecule is O=C1CN(c2c(O)cc3c(c2F)CN(C(=O)NCCc2ccccc2)CC3)S(=O)(=O)N1. The number of nitrogens with one attached hydrogen (secondary N) is 2. The number of benzene rings is 2. The highest BCUT2D eigenvalue weighted by Gasteiger charge is 2.39. The fourth-order valence-electron chi connectivity index (χ4n) is 3.76. The standard InChI is InChI=1S/C20H21FN4O5S/c21-18-15-11-24(20(28)22-8-6-13-4-2-1-3-5-13)9-7-14(15)10-16(26)19(18)25-12-17(27)23-31(25,29)30/h1-5,10,26H,6-9,11-12H2,(H,22,28)(H,23,27). The zero-order valence-electron chi connectivity index (χ0n) is 16.5. The van der Waals surface area contributed by atoms with Gasteiger partial charge in [0.15, 0.2) is 5.82 Å². The lowest BCUT2D eigenvalue weighted by Gasteiger charge is -2.31. The smallest absolute Gasteiger partial charge is 0.326 e. The van der Waals surface area contributed by atoms with E-state index in [1.165, 1.54) is 11.0 Å². The number of hydrogen-bond donors (Lipinski definition) is 3. The van der Waals surface area contributed by atoms with Crippen LogP contribution in [0.3, 0.4) is 0 Å². The van der Waals surface area contributed by atoms with Crippen LogP contribution in [0.2, 0.25) is 0 Å². The molecule has 164 valence electrons. The molecule has 3 N–H and O–H groups in total. The summed E-state index contributed by atoms with van der Waals surface area (Å²) in [6.07, 6.45) is 0.952. The van der Waals surface area contributed by atoms with Gasteiger partial charge < -0.3 is 15.3 Å². The number of carbonyl (C=O) groups excluding carboxylic acids is 2. The lowest BCUT2D eigenvalue weighted by atomic mass is 9.97. The Morgan fingerprint density at radius 2 is 1.97 bits per heavy atom. The second kappa shape index (κ2) is 8.06. The summed E-state index contributed by atoms with van der Waals surface area (Å²) >= 11 is 0. The van der Waals surface area contributed by atoms with Gasteiger partial charge in [-0.3, -0.25) is 4.79 Å². The van der Waals surface area contributed by atoms with Gasteiger partial charge in [0.1, 0.15) is 18.0 Å². The minimum Gasteiger partial charge on any atom is -0.506 e. The Morgan fingerprint density at radius 1 is 1.23 bits per heavy atom. The van der Waals surface area contributed by atoms with Crippen molar-refractivity contribution >= 4 is 27.8 Å². The molecule has 31 heavy (non-hydrogen) atoms. The van der Waals surface area contributed by atoms with Gasteiger partial charge in [0, 0.05) is 18.7 Å². The van der Waals surface area contributed by atoms with Crippen molar-refractivity contribution in [3.63, 3.8) is 0 Å². The van der Waals surface area contributed by atoms with Crippen molar-refractivity contribution in [3.8, 4) is 5.75 Å². The molecule has 2 heterocycles. The van der Waals surface area contributed by atoms with E-state index in [0.29, 0.717) is 35.8 Å². The maximum Gasteiger partial charge on any atom is 0.326 e. The number of amides is 3. The van der Waals surface area contributed by atoms with Crippen LogP contribution in [0.15, 0.2) is 36.4 Å². The van der Waals surface area contributed by atoms with Gasteiger partial charge in [0.25, 0.3) is 5.91 Å². The molecule has 0 saturated carbocycles. The molecule has 0 aliphatic carbocycles. The Balaban J connectivity index is 1.50. The molecule has 0 aromatic heterocycles. The van der Waals surface area contributed by atoms with Crippen LogP contribution in [0, 0.1) is 5.82 Å². The van der Waals surface area contributed by atoms with E-state index in [0.717, 1.165) is 5.56 Å². The highest BCUT2D eigenvalue weighted by atomic mass is 32.2. The fourth-order valence-corrected chi connectivity index (χ4v) is 4.93. The number of carbonyl (C=O) groups is 2. The molecule has 2 aliphatic rings. The number of fused-ring (bicyclic) bond motifs is 1. The third-order valence-electron chi connectivity index (χ3n) is 5.30. The van der Waals surface area contributed by atoms with Gasteiger partial charge in [-0.2, -0.15) is 8.42 Å². The predicted octanol–water partition coefficient (Wildman–Crippen LogP) is 1.02. The quantitative estimate of drug-likeness (QED) is 0.645. The minimum absolute atomic E-state index is 0.0825. The van der Waals surface area contributed by atoms with Crippen LogP contribution in [-0.4, -0.2) is 50.0 Å². The van der Waals surface area contributed by atoms with Crippen molar-refractivity contribution in [1.29, 1.82) is 0 Å². The number of nitrogens with zero attached hydrogens (tertiary/aromatic N) is 2. The zero-order valence-corrected chi connectivity index (χ0v) is 17.3. The van der Waals surface area contributed by atoms with Gasteiger partial charge in [-0.05, 0) is 30.0 Å². The summed E-state index contributed by atoms with van der Waals surface area (Å²) in [6.45, 7) is 0.0237. The van der Waals surface area contributed by atoms with Crippen LogP contribution >= 0.6 is 0 Å². The van der Waals surface area contributed by atoms with Crippen molar-refractivity contribution < 1.29 is 27.5 Å². The lowest BCUT2D eigenvalue weighted by molar-refractivity contribution is -0.117. The van der Waals surface area contributed by atoms with Crippen LogP contribution in [0.4, 0.5) is 14.9 Å². The molecule has 0 atom stereocenters. The van der Waals surface area contributed by atoms with Crippen molar-refractivity contribution in [2.24, 2.45) is 0 Å². The van der Waals surface area contributed by atoms with E-state index in [4.69, 9.17) is 0 Å². The van der Waals surface area contributed by atoms with Gasteiger partial charge in [-0.25, -0.2) is 18.2 Å². The Kier molecular flexibility index (Phi) is 5.44. The second-order valence-corrected chi connectivity index (χ2v) is 8.97. The molecule has 11 heteroatoms. The third kappa shape index (κ3) is 4.13. The molecule has 2 aliphatic heterocycles. The zero-order chi connectivity index (χ0) is 22.2. The molecule has 9 nitrogen and oxygen atoms in total. The maximum atomic E-state index is 15.3. The van der Waals surface area contributed by atoms with E-state index in [9.17, 15) is 23.1 Å². The van der Waals surface area contributed by atoms with Gasteiger partial charge >= 0.3 is 16.2 Å². The Bertz CT molecular complexity index is 1140. The Morgan fingerprint density at radius 3 is 2.65 bits per heavy atom. The van der Waals surface area contributed by atoms with E-state index in [1.54, 1.807) is 4.72 Å². The summed E-state index contributed by atoms with van der Waals surface area (Å²) in [4.78, 5) is 25.5. The first-order valence-corrected chi connectivity index (χ1v) is 11.1. The molecule has 0 spiro atoms. The first-order valence-electron chi connectivity index (χ1n) is 9.69. The van der Waals surface area contributed by atoms with Crippen LogP contribution in [0.1, 0.15) is 16.7 Å². The molecule has 2 aromatic carbocycles. The van der Waals surface area contributed by atoms with E-state index in [-0.39, 0.29) is 18.1 Å². The number of phenols is 1. The van der Waals surface area contributed by atoms with Gasteiger partial charge in [-0.15, -0.1) is 0 Å².